The summed E-state index contributed by atoms with van der Waals surface area (Å²) in [6.45, 7) is 1.36. The first-order chi connectivity index (χ1) is 11.9. The minimum Gasteiger partial charge on any atom is -0.361 e. The van der Waals surface area contributed by atoms with Crippen LogP contribution in [0.5, 0.6) is 0 Å². The molecule has 0 bridgehead atoms. The number of nitrogens with one attached hydrogen (secondary N) is 3. The Bertz CT molecular complexity index is 930. The predicted octanol–water partition coefficient (Wildman–Crippen LogP) is 1.73. The van der Waals surface area contributed by atoms with E-state index in [1.54, 1.807) is 30.2 Å². The van der Waals surface area contributed by atoms with Gasteiger partial charge < -0.3 is 15.6 Å². The Kier molecular flexibility index (Phi) is 4.51. The second-order valence-corrected chi connectivity index (χ2v) is 5.85. The van der Waals surface area contributed by atoms with Gasteiger partial charge in [-0.2, -0.15) is 5.10 Å². The molecule has 0 aliphatic rings. The van der Waals surface area contributed by atoms with E-state index in [2.05, 4.69) is 20.7 Å². The number of halogens is 1. The van der Waals surface area contributed by atoms with E-state index in [1.807, 2.05) is 0 Å². The van der Waals surface area contributed by atoms with Crippen LogP contribution in [0.2, 0.25) is 0 Å². The normalized spacial score (nSPS) is 12.1. The van der Waals surface area contributed by atoms with Gasteiger partial charge in [0.1, 0.15) is 11.9 Å². The molecule has 0 fully saturated rings. The first-order valence-corrected chi connectivity index (χ1v) is 7.74. The maximum atomic E-state index is 13.3. The highest BCUT2D eigenvalue weighted by Crippen LogP contribution is 2.21. The third kappa shape index (κ3) is 3.85. The van der Waals surface area contributed by atoms with Gasteiger partial charge in [0, 0.05) is 43.7 Å². The molecule has 8 heteroatoms. The summed E-state index contributed by atoms with van der Waals surface area (Å²) in [7, 11) is 1.74. The summed E-state index contributed by atoms with van der Waals surface area (Å²) in [6, 6.07) is 3.65. The van der Waals surface area contributed by atoms with Gasteiger partial charge in [-0.15, -0.1) is 0 Å². The van der Waals surface area contributed by atoms with Crippen LogP contribution in [0.4, 0.5) is 10.1 Å². The first-order valence-electron chi connectivity index (χ1n) is 7.74. The quantitative estimate of drug-likeness (QED) is 0.659. The standard InChI is InChI=1S/C17H18FN5O2/c1-10(24)21-16(17(25)22-13-8-20-23(2)9-13)5-11-7-19-15-6-12(18)3-4-14(11)15/h3-4,6-9,16,19H,5H2,1-2H3,(H,21,24)(H,22,25)/t16-/m1/s1. The number of aromatic amines is 1. The highest BCUT2D eigenvalue weighted by atomic mass is 19.1. The molecule has 2 aromatic heterocycles. The molecule has 3 N–H and O–H groups in total. The highest BCUT2D eigenvalue weighted by molar-refractivity contribution is 5.97. The molecule has 2 amide bonds. The predicted molar refractivity (Wildman–Crippen MR) is 91.4 cm³/mol. The molecule has 7 nitrogen and oxygen atoms in total. The lowest BCUT2D eigenvalue weighted by Gasteiger charge is -2.16. The van der Waals surface area contributed by atoms with Crippen molar-refractivity contribution in [3.05, 3.63) is 48.2 Å². The molecule has 0 unspecified atom stereocenters. The Labute approximate surface area is 143 Å². The van der Waals surface area contributed by atoms with Gasteiger partial charge in [0.2, 0.25) is 11.8 Å². The van der Waals surface area contributed by atoms with Gasteiger partial charge in [-0.25, -0.2) is 4.39 Å². The Balaban J connectivity index is 1.82. The molecule has 25 heavy (non-hydrogen) atoms. The molecule has 2 heterocycles. The van der Waals surface area contributed by atoms with E-state index in [0.29, 0.717) is 11.2 Å². The van der Waals surface area contributed by atoms with Crippen LogP contribution in [0.3, 0.4) is 0 Å². The van der Waals surface area contributed by atoms with E-state index >= 15 is 0 Å². The Hall–Kier alpha value is -3.16. The van der Waals surface area contributed by atoms with Crippen LogP contribution in [-0.4, -0.2) is 32.6 Å². The number of aromatic nitrogens is 3. The Morgan fingerprint density at radius 3 is 2.88 bits per heavy atom. The molecule has 3 aromatic rings. The number of H-pyrrole nitrogens is 1. The second kappa shape index (κ2) is 6.76. The number of aryl methyl sites for hydroxylation is 1. The zero-order valence-electron chi connectivity index (χ0n) is 13.8. The van der Waals surface area contributed by atoms with Crippen molar-refractivity contribution in [1.82, 2.24) is 20.1 Å². The van der Waals surface area contributed by atoms with Crippen LogP contribution in [0.1, 0.15) is 12.5 Å². The molecule has 130 valence electrons. The largest absolute Gasteiger partial charge is 0.361 e. The monoisotopic (exact) mass is 343 g/mol. The molecule has 0 aliphatic heterocycles. The second-order valence-electron chi connectivity index (χ2n) is 5.85. The van der Waals surface area contributed by atoms with Gasteiger partial charge in [-0.05, 0) is 23.8 Å². The number of carbonyl (C=O) groups excluding carboxylic acids is 2. The van der Waals surface area contributed by atoms with Crippen molar-refractivity contribution in [2.75, 3.05) is 5.32 Å². The van der Waals surface area contributed by atoms with Crippen molar-refractivity contribution < 1.29 is 14.0 Å². The molecule has 0 radical (unpaired) electrons. The highest BCUT2D eigenvalue weighted by Gasteiger charge is 2.22. The number of hydrogen-bond donors (Lipinski definition) is 3. The zero-order valence-corrected chi connectivity index (χ0v) is 13.8. The fourth-order valence-corrected chi connectivity index (χ4v) is 2.72. The van der Waals surface area contributed by atoms with E-state index in [9.17, 15) is 14.0 Å². The molecular weight excluding hydrogens is 325 g/mol. The van der Waals surface area contributed by atoms with Gasteiger partial charge in [-0.3, -0.25) is 14.3 Å². The molecular formula is C17H18FN5O2. The maximum Gasteiger partial charge on any atom is 0.247 e. The lowest BCUT2D eigenvalue weighted by Crippen LogP contribution is -2.44. The van der Waals surface area contributed by atoms with Crippen LogP contribution < -0.4 is 10.6 Å². The summed E-state index contributed by atoms with van der Waals surface area (Å²) in [5, 5.41) is 10.2. The fourth-order valence-electron chi connectivity index (χ4n) is 2.72. The Morgan fingerprint density at radius 2 is 2.20 bits per heavy atom. The number of nitrogens with zero attached hydrogens (tertiary/aromatic N) is 2. The number of fused-ring (bicyclic) bond motifs is 1. The van der Waals surface area contributed by atoms with E-state index in [4.69, 9.17) is 0 Å². The number of hydrogen-bond acceptors (Lipinski definition) is 3. The summed E-state index contributed by atoms with van der Waals surface area (Å²) < 4.78 is 14.9. The van der Waals surface area contributed by atoms with E-state index < -0.39 is 6.04 Å². The van der Waals surface area contributed by atoms with Crippen molar-refractivity contribution in [1.29, 1.82) is 0 Å². The van der Waals surface area contributed by atoms with Crippen LogP contribution in [0.25, 0.3) is 10.9 Å². The minimum absolute atomic E-state index is 0.275. The van der Waals surface area contributed by atoms with Crippen molar-refractivity contribution >= 4 is 28.4 Å². The lowest BCUT2D eigenvalue weighted by atomic mass is 10.0. The maximum absolute atomic E-state index is 13.3. The van der Waals surface area contributed by atoms with E-state index in [1.165, 1.54) is 25.3 Å². The number of amides is 2. The van der Waals surface area contributed by atoms with E-state index in [-0.39, 0.29) is 24.1 Å². The van der Waals surface area contributed by atoms with Crippen LogP contribution in [0.15, 0.2) is 36.8 Å². The van der Waals surface area contributed by atoms with Crippen LogP contribution in [0, 0.1) is 5.82 Å². The molecule has 1 atom stereocenters. The van der Waals surface area contributed by atoms with Crippen molar-refractivity contribution in [3.63, 3.8) is 0 Å². The van der Waals surface area contributed by atoms with Gasteiger partial charge in [0.05, 0.1) is 11.9 Å². The average Bonchev–Trinajstić information content (AvgIpc) is 3.12. The Morgan fingerprint density at radius 1 is 1.40 bits per heavy atom. The van der Waals surface area contributed by atoms with Crippen molar-refractivity contribution in [2.45, 2.75) is 19.4 Å². The summed E-state index contributed by atoms with van der Waals surface area (Å²) >= 11 is 0. The van der Waals surface area contributed by atoms with Crippen molar-refractivity contribution in [2.24, 2.45) is 7.05 Å². The zero-order chi connectivity index (χ0) is 18.0. The van der Waals surface area contributed by atoms with Gasteiger partial charge in [-0.1, -0.05) is 0 Å². The topological polar surface area (TPSA) is 91.8 Å². The SMILES string of the molecule is CC(=O)N[C@H](Cc1c[nH]c2cc(F)ccc12)C(=O)Nc1cnn(C)c1. The van der Waals surface area contributed by atoms with Gasteiger partial charge >= 0.3 is 0 Å². The fraction of sp³-hybridized carbons (Fsp3) is 0.235. The molecule has 0 spiro atoms. The number of benzene rings is 1. The summed E-state index contributed by atoms with van der Waals surface area (Å²) in [4.78, 5) is 27.0. The summed E-state index contributed by atoms with van der Waals surface area (Å²) in [6.07, 6.45) is 5.18. The number of rotatable bonds is 5. The number of anilines is 1. The lowest BCUT2D eigenvalue weighted by molar-refractivity contribution is -0.125. The molecule has 3 rings (SSSR count). The summed E-state index contributed by atoms with van der Waals surface area (Å²) in [5.41, 5.74) is 2.00. The summed E-state index contributed by atoms with van der Waals surface area (Å²) in [5.74, 6) is -0.995. The minimum atomic E-state index is -0.762. The number of carbonyl (C=O) groups is 2. The van der Waals surface area contributed by atoms with Crippen LogP contribution in [-0.2, 0) is 23.1 Å². The molecule has 0 saturated carbocycles. The molecule has 1 aromatic carbocycles. The molecule has 0 saturated heterocycles. The van der Waals surface area contributed by atoms with Gasteiger partial charge in [0.25, 0.3) is 0 Å². The van der Waals surface area contributed by atoms with Crippen molar-refractivity contribution in [3.8, 4) is 0 Å². The molecule has 0 aliphatic carbocycles. The van der Waals surface area contributed by atoms with E-state index in [0.717, 1.165) is 10.9 Å². The average molecular weight is 343 g/mol. The third-order valence-electron chi connectivity index (χ3n) is 3.82. The smallest absolute Gasteiger partial charge is 0.247 e. The third-order valence-corrected chi connectivity index (χ3v) is 3.82. The first kappa shape index (κ1) is 16.7. The van der Waals surface area contributed by atoms with Crippen LogP contribution >= 0.6 is 0 Å². The van der Waals surface area contributed by atoms with Gasteiger partial charge in [0.15, 0.2) is 0 Å².